The molecule has 1 saturated carbocycles. The van der Waals surface area contributed by atoms with Gasteiger partial charge in [-0.3, -0.25) is 4.79 Å². The largest absolute Gasteiger partial charge is 0.508 e. The zero-order chi connectivity index (χ0) is 15.4. The van der Waals surface area contributed by atoms with Gasteiger partial charge in [-0.1, -0.05) is 26.8 Å². The molecule has 0 spiro atoms. The summed E-state index contributed by atoms with van der Waals surface area (Å²) in [5.41, 5.74) is 4.15. The van der Waals surface area contributed by atoms with Crippen LogP contribution in [0.2, 0.25) is 0 Å². The first kappa shape index (κ1) is 15.5. The van der Waals surface area contributed by atoms with Gasteiger partial charge in [0.1, 0.15) is 5.75 Å². The first-order chi connectivity index (χ1) is 9.97. The van der Waals surface area contributed by atoms with E-state index in [4.69, 9.17) is 0 Å². The van der Waals surface area contributed by atoms with E-state index in [1.807, 2.05) is 0 Å². The SMILES string of the molecule is CC(C)[C@@H]1CC[C@@H](C)C/C1=N/NC(=O)c1cccc(O)c1. The molecule has 1 aromatic rings. The normalized spacial score (nSPS) is 24.3. The maximum Gasteiger partial charge on any atom is 0.271 e. The van der Waals surface area contributed by atoms with Crippen LogP contribution in [0.3, 0.4) is 0 Å². The van der Waals surface area contributed by atoms with Crippen molar-refractivity contribution in [1.29, 1.82) is 0 Å². The Kier molecular flexibility index (Phi) is 4.99. The third kappa shape index (κ3) is 4.06. The van der Waals surface area contributed by atoms with Crippen molar-refractivity contribution < 1.29 is 9.90 Å². The Labute approximate surface area is 126 Å². The standard InChI is InChI=1S/C17H24N2O2/c1-11(2)15-8-7-12(3)9-16(15)18-19-17(21)13-5-4-6-14(20)10-13/h4-6,10-12,15,20H,7-9H2,1-3H3,(H,19,21)/b18-16-/t12-,15+/m1/s1. The Morgan fingerprint density at radius 1 is 1.38 bits per heavy atom. The van der Waals surface area contributed by atoms with Gasteiger partial charge in [0.2, 0.25) is 0 Å². The molecule has 2 N–H and O–H groups in total. The van der Waals surface area contributed by atoms with Crippen LogP contribution in [0, 0.1) is 17.8 Å². The van der Waals surface area contributed by atoms with Crippen LogP contribution >= 0.6 is 0 Å². The molecule has 1 fully saturated rings. The maximum absolute atomic E-state index is 12.1. The number of hydrogen-bond donors (Lipinski definition) is 2. The molecule has 4 nitrogen and oxygen atoms in total. The number of carbonyl (C=O) groups is 1. The molecule has 0 heterocycles. The van der Waals surface area contributed by atoms with E-state index in [9.17, 15) is 9.90 Å². The van der Waals surface area contributed by atoms with Crippen molar-refractivity contribution in [2.24, 2.45) is 22.9 Å². The number of carbonyl (C=O) groups excluding carboxylic acids is 1. The highest BCUT2D eigenvalue weighted by atomic mass is 16.3. The number of hydrogen-bond acceptors (Lipinski definition) is 3. The van der Waals surface area contributed by atoms with Crippen LogP contribution in [0.15, 0.2) is 29.4 Å². The Hall–Kier alpha value is -1.84. The first-order valence-corrected chi connectivity index (χ1v) is 7.63. The minimum absolute atomic E-state index is 0.0849. The Morgan fingerprint density at radius 2 is 2.14 bits per heavy atom. The highest BCUT2D eigenvalue weighted by molar-refractivity contribution is 5.96. The quantitative estimate of drug-likeness (QED) is 0.835. The van der Waals surface area contributed by atoms with Gasteiger partial charge in [0.15, 0.2) is 0 Å². The highest BCUT2D eigenvalue weighted by Gasteiger charge is 2.27. The summed E-state index contributed by atoms with van der Waals surface area (Å²) in [7, 11) is 0. The van der Waals surface area contributed by atoms with E-state index in [0.29, 0.717) is 23.3 Å². The van der Waals surface area contributed by atoms with Crippen LogP contribution in [0.5, 0.6) is 5.75 Å². The minimum Gasteiger partial charge on any atom is -0.508 e. The number of rotatable bonds is 3. The highest BCUT2D eigenvalue weighted by Crippen LogP contribution is 2.31. The van der Waals surface area contributed by atoms with Gasteiger partial charge in [-0.25, -0.2) is 5.43 Å². The molecular weight excluding hydrogens is 264 g/mol. The lowest BCUT2D eigenvalue weighted by molar-refractivity contribution is 0.0953. The number of nitrogens with one attached hydrogen (secondary N) is 1. The minimum atomic E-state index is -0.279. The van der Waals surface area contributed by atoms with Gasteiger partial charge in [0.05, 0.1) is 0 Å². The number of aromatic hydroxyl groups is 1. The van der Waals surface area contributed by atoms with E-state index in [2.05, 4.69) is 31.3 Å². The fraction of sp³-hybridized carbons (Fsp3) is 0.529. The van der Waals surface area contributed by atoms with Crippen molar-refractivity contribution >= 4 is 11.6 Å². The number of nitrogens with zero attached hydrogens (tertiary/aromatic N) is 1. The van der Waals surface area contributed by atoms with Crippen molar-refractivity contribution in [2.45, 2.75) is 40.0 Å². The zero-order valence-corrected chi connectivity index (χ0v) is 13.0. The summed E-state index contributed by atoms with van der Waals surface area (Å²) in [6.07, 6.45) is 3.31. The molecule has 0 aliphatic heterocycles. The van der Waals surface area contributed by atoms with Crippen LogP contribution in [-0.2, 0) is 0 Å². The van der Waals surface area contributed by atoms with Gasteiger partial charge < -0.3 is 5.11 Å². The van der Waals surface area contributed by atoms with E-state index >= 15 is 0 Å². The monoisotopic (exact) mass is 288 g/mol. The topological polar surface area (TPSA) is 61.7 Å². The van der Waals surface area contributed by atoms with E-state index in [1.54, 1.807) is 18.2 Å². The number of phenolic OH excluding ortho intramolecular Hbond substituents is 1. The van der Waals surface area contributed by atoms with Crippen molar-refractivity contribution in [3.63, 3.8) is 0 Å². The molecule has 1 aliphatic rings. The predicted octanol–water partition coefficient (Wildman–Crippen LogP) is 3.57. The molecule has 0 aromatic heterocycles. The average Bonchev–Trinajstić information content (AvgIpc) is 2.44. The van der Waals surface area contributed by atoms with Crippen molar-refractivity contribution in [3.8, 4) is 5.75 Å². The molecule has 1 aromatic carbocycles. The Bertz CT molecular complexity index is 537. The second kappa shape index (κ2) is 6.74. The molecule has 114 valence electrons. The molecule has 0 radical (unpaired) electrons. The fourth-order valence-electron chi connectivity index (χ4n) is 2.92. The molecule has 1 amide bonds. The fourth-order valence-corrected chi connectivity index (χ4v) is 2.92. The molecule has 0 unspecified atom stereocenters. The third-order valence-electron chi connectivity index (χ3n) is 4.17. The third-order valence-corrected chi connectivity index (χ3v) is 4.17. The lowest BCUT2D eigenvalue weighted by atomic mass is 9.76. The molecule has 0 bridgehead atoms. The van der Waals surface area contributed by atoms with Crippen LogP contribution in [-0.4, -0.2) is 16.7 Å². The second-order valence-electron chi connectivity index (χ2n) is 6.33. The number of benzene rings is 1. The van der Waals surface area contributed by atoms with Gasteiger partial charge in [-0.2, -0.15) is 5.10 Å². The molecule has 21 heavy (non-hydrogen) atoms. The van der Waals surface area contributed by atoms with E-state index in [-0.39, 0.29) is 11.7 Å². The average molecular weight is 288 g/mol. The summed E-state index contributed by atoms with van der Waals surface area (Å²) in [6, 6.07) is 6.30. The molecule has 2 atom stereocenters. The van der Waals surface area contributed by atoms with Crippen LogP contribution in [0.4, 0.5) is 0 Å². The van der Waals surface area contributed by atoms with Gasteiger partial charge in [-0.15, -0.1) is 0 Å². The molecule has 0 saturated heterocycles. The van der Waals surface area contributed by atoms with Crippen LogP contribution in [0.1, 0.15) is 50.4 Å². The number of amides is 1. The first-order valence-electron chi connectivity index (χ1n) is 7.63. The summed E-state index contributed by atoms with van der Waals surface area (Å²) < 4.78 is 0. The summed E-state index contributed by atoms with van der Waals surface area (Å²) in [6.45, 7) is 6.63. The molecular formula is C17H24N2O2. The molecule has 2 rings (SSSR count). The van der Waals surface area contributed by atoms with E-state index in [1.165, 1.54) is 12.5 Å². The number of phenols is 1. The van der Waals surface area contributed by atoms with Gasteiger partial charge >= 0.3 is 0 Å². The summed E-state index contributed by atoms with van der Waals surface area (Å²) in [5.74, 6) is 1.41. The van der Waals surface area contributed by atoms with Crippen molar-refractivity contribution in [1.82, 2.24) is 5.43 Å². The van der Waals surface area contributed by atoms with E-state index in [0.717, 1.165) is 18.6 Å². The molecule has 1 aliphatic carbocycles. The summed E-state index contributed by atoms with van der Waals surface area (Å²) >= 11 is 0. The Morgan fingerprint density at radius 3 is 2.81 bits per heavy atom. The van der Waals surface area contributed by atoms with Gasteiger partial charge in [0.25, 0.3) is 5.91 Å². The van der Waals surface area contributed by atoms with Gasteiger partial charge in [0, 0.05) is 17.2 Å². The summed E-state index contributed by atoms with van der Waals surface area (Å²) in [4.78, 5) is 12.1. The maximum atomic E-state index is 12.1. The Balaban J connectivity index is 2.08. The predicted molar refractivity (Wildman–Crippen MR) is 84.4 cm³/mol. The number of hydrazone groups is 1. The van der Waals surface area contributed by atoms with E-state index < -0.39 is 0 Å². The zero-order valence-electron chi connectivity index (χ0n) is 13.0. The van der Waals surface area contributed by atoms with Crippen molar-refractivity contribution in [3.05, 3.63) is 29.8 Å². The van der Waals surface area contributed by atoms with Crippen LogP contribution < -0.4 is 5.43 Å². The summed E-state index contributed by atoms with van der Waals surface area (Å²) in [5, 5.41) is 13.8. The van der Waals surface area contributed by atoms with Crippen molar-refractivity contribution in [2.75, 3.05) is 0 Å². The smallest absolute Gasteiger partial charge is 0.271 e. The lowest BCUT2D eigenvalue weighted by Gasteiger charge is -2.30. The van der Waals surface area contributed by atoms with Gasteiger partial charge in [-0.05, 0) is 49.3 Å². The lowest BCUT2D eigenvalue weighted by Crippen LogP contribution is -2.31. The molecule has 4 heteroatoms. The van der Waals surface area contributed by atoms with Crippen LogP contribution in [0.25, 0.3) is 0 Å². The second-order valence-corrected chi connectivity index (χ2v) is 6.33.